The molecule has 1 N–H and O–H groups in total. The molecule has 1 aromatic heterocycles. The number of anilines is 1. The Labute approximate surface area is 102 Å². The summed E-state index contributed by atoms with van der Waals surface area (Å²) in [5.74, 6) is 0.0264. The third-order valence-electron chi connectivity index (χ3n) is 1.96. The lowest BCUT2D eigenvalue weighted by atomic mass is 10.2. The van der Waals surface area contributed by atoms with Crippen LogP contribution in [-0.2, 0) is 4.79 Å². The van der Waals surface area contributed by atoms with E-state index >= 15 is 0 Å². The Morgan fingerprint density at radius 2 is 2.40 bits per heavy atom. The van der Waals surface area contributed by atoms with E-state index < -0.39 is 0 Å². The Hall–Kier alpha value is -0.610. The van der Waals surface area contributed by atoms with Gasteiger partial charge in [0.25, 0.3) is 0 Å². The first-order valence-corrected chi connectivity index (χ1v) is 5.86. The number of halogens is 2. The topological polar surface area (TPSA) is 42.0 Å². The van der Waals surface area contributed by atoms with Crippen molar-refractivity contribution >= 4 is 39.1 Å². The van der Waals surface area contributed by atoms with E-state index in [4.69, 9.17) is 11.6 Å². The Morgan fingerprint density at radius 1 is 1.73 bits per heavy atom. The van der Waals surface area contributed by atoms with Gasteiger partial charge in [-0.3, -0.25) is 4.79 Å². The van der Waals surface area contributed by atoms with Crippen molar-refractivity contribution in [3.8, 4) is 0 Å². The third kappa shape index (κ3) is 3.47. The van der Waals surface area contributed by atoms with E-state index in [0.717, 1.165) is 10.2 Å². The van der Waals surface area contributed by atoms with Crippen LogP contribution in [0.2, 0.25) is 0 Å². The number of aromatic nitrogens is 1. The number of nitrogens with one attached hydrogen (secondary N) is 1. The average Bonchev–Trinajstić information content (AvgIpc) is 2.22. The van der Waals surface area contributed by atoms with E-state index in [1.54, 1.807) is 13.1 Å². The minimum Gasteiger partial charge on any atom is -0.324 e. The van der Waals surface area contributed by atoms with Gasteiger partial charge >= 0.3 is 0 Å². The maximum atomic E-state index is 11.5. The zero-order chi connectivity index (χ0) is 11.4. The summed E-state index contributed by atoms with van der Waals surface area (Å²) in [4.78, 5) is 15.6. The van der Waals surface area contributed by atoms with Crippen molar-refractivity contribution in [3.05, 3.63) is 22.4 Å². The molecule has 0 saturated carbocycles. The summed E-state index contributed by atoms with van der Waals surface area (Å²) in [5, 5.41) is 2.75. The van der Waals surface area contributed by atoms with Crippen LogP contribution in [-0.4, -0.2) is 16.8 Å². The first kappa shape index (κ1) is 12.5. The number of carbonyl (C=O) groups excluding carboxylic acids is 1. The van der Waals surface area contributed by atoms with Crippen molar-refractivity contribution in [2.75, 3.05) is 11.2 Å². The normalized spacial score (nSPS) is 12.3. The van der Waals surface area contributed by atoms with Crippen LogP contribution in [0.5, 0.6) is 0 Å². The van der Waals surface area contributed by atoms with E-state index in [0.29, 0.717) is 11.6 Å². The highest BCUT2D eigenvalue weighted by Crippen LogP contribution is 2.17. The molecule has 0 aromatic carbocycles. The first-order chi connectivity index (χ1) is 7.04. The van der Waals surface area contributed by atoms with Crippen LogP contribution in [0.25, 0.3) is 0 Å². The highest BCUT2D eigenvalue weighted by atomic mass is 79.9. The molecule has 1 atom stereocenters. The van der Waals surface area contributed by atoms with E-state index in [2.05, 4.69) is 26.2 Å². The Bertz CT molecular complexity index is 370. The Balaban J connectivity index is 2.73. The molecule has 0 aliphatic heterocycles. The summed E-state index contributed by atoms with van der Waals surface area (Å²) in [6.45, 7) is 3.69. The van der Waals surface area contributed by atoms with E-state index in [9.17, 15) is 4.79 Å². The predicted molar refractivity (Wildman–Crippen MR) is 65.2 cm³/mol. The van der Waals surface area contributed by atoms with Crippen LogP contribution in [0.15, 0.2) is 16.9 Å². The van der Waals surface area contributed by atoms with Gasteiger partial charge in [0.05, 0.1) is 11.9 Å². The minimum atomic E-state index is -0.199. The number of carbonyl (C=O) groups is 1. The van der Waals surface area contributed by atoms with Crippen molar-refractivity contribution in [1.82, 2.24) is 4.98 Å². The first-order valence-electron chi connectivity index (χ1n) is 4.53. The second-order valence-corrected chi connectivity index (χ2v) is 4.44. The number of rotatable bonds is 3. The average molecular weight is 292 g/mol. The fourth-order valence-electron chi connectivity index (χ4n) is 0.962. The Kier molecular flexibility index (Phi) is 4.54. The van der Waals surface area contributed by atoms with Crippen LogP contribution < -0.4 is 5.32 Å². The molecule has 3 nitrogen and oxygen atoms in total. The van der Waals surface area contributed by atoms with Crippen LogP contribution in [0.4, 0.5) is 5.69 Å². The smallest absolute Gasteiger partial charge is 0.228 e. The fourth-order valence-corrected chi connectivity index (χ4v) is 1.32. The molecule has 1 unspecified atom stereocenters. The zero-order valence-electron chi connectivity index (χ0n) is 8.55. The maximum absolute atomic E-state index is 11.5. The molecule has 1 rings (SSSR count). The number of aryl methyl sites for hydroxylation is 1. The molecular weight excluding hydrogens is 279 g/mol. The van der Waals surface area contributed by atoms with Crippen molar-refractivity contribution in [2.24, 2.45) is 5.92 Å². The zero-order valence-corrected chi connectivity index (χ0v) is 10.9. The summed E-state index contributed by atoms with van der Waals surface area (Å²) < 4.78 is 0.783. The molecule has 1 amide bonds. The monoisotopic (exact) mass is 290 g/mol. The number of alkyl halides is 1. The van der Waals surface area contributed by atoms with E-state index in [1.165, 1.54) is 0 Å². The number of hydrogen-bond acceptors (Lipinski definition) is 2. The molecule has 15 heavy (non-hydrogen) atoms. The third-order valence-corrected chi connectivity index (χ3v) is 3.25. The number of hydrogen-bond donors (Lipinski definition) is 1. The number of amides is 1. The van der Waals surface area contributed by atoms with Crippen molar-refractivity contribution in [2.45, 2.75) is 13.8 Å². The molecule has 0 aliphatic carbocycles. The lowest BCUT2D eigenvalue weighted by Gasteiger charge is -2.09. The molecule has 0 bridgehead atoms. The van der Waals surface area contributed by atoms with E-state index in [1.807, 2.05) is 13.0 Å². The predicted octanol–water partition coefficient (Wildman–Crippen LogP) is 2.97. The fraction of sp³-hybridized carbons (Fsp3) is 0.400. The second-order valence-electron chi connectivity index (χ2n) is 3.38. The van der Waals surface area contributed by atoms with Gasteiger partial charge in [0.1, 0.15) is 4.60 Å². The van der Waals surface area contributed by atoms with Gasteiger partial charge in [0.2, 0.25) is 5.91 Å². The standard InChI is InChI=1S/C10H12BrClN2O/c1-6-3-8(5-13-9(6)11)14-10(15)7(2)4-12/h3,5,7H,4H2,1-2H3,(H,14,15). The molecule has 82 valence electrons. The van der Waals surface area contributed by atoms with Gasteiger partial charge < -0.3 is 5.32 Å². The molecule has 0 radical (unpaired) electrons. The summed E-state index contributed by atoms with van der Waals surface area (Å²) in [7, 11) is 0. The molecule has 0 aliphatic rings. The highest BCUT2D eigenvalue weighted by molar-refractivity contribution is 9.10. The van der Waals surface area contributed by atoms with Crippen LogP contribution in [0.3, 0.4) is 0 Å². The van der Waals surface area contributed by atoms with Gasteiger partial charge in [-0.05, 0) is 34.5 Å². The summed E-state index contributed by atoms with van der Waals surface area (Å²) in [5.41, 5.74) is 1.67. The maximum Gasteiger partial charge on any atom is 0.228 e. The SMILES string of the molecule is Cc1cc(NC(=O)C(C)CCl)cnc1Br. The number of nitrogens with zero attached hydrogens (tertiary/aromatic N) is 1. The summed E-state index contributed by atoms with van der Waals surface area (Å²) in [6.07, 6.45) is 1.61. The lowest BCUT2D eigenvalue weighted by Crippen LogP contribution is -2.21. The highest BCUT2D eigenvalue weighted by Gasteiger charge is 2.11. The molecule has 1 aromatic rings. The Morgan fingerprint density at radius 3 is 2.93 bits per heavy atom. The molecule has 0 fully saturated rings. The van der Waals surface area contributed by atoms with Crippen molar-refractivity contribution in [1.29, 1.82) is 0 Å². The molecule has 0 spiro atoms. The summed E-state index contributed by atoms with van der Waals surface area (Å²) >= 11 is 8.88. The van der Waals surface area contributed by atoms with Gasteiger partial charge in [-0.15, -0.1) is 11.6 Å². The van der Waals surface area contributed by atoms with Crippen molar-refractivity contribution in [3.63, 3.8) is 0 Å². The quantitative estimate of drug-likeness (QED) is 0.687. The van der Waals surface area contributed by atoms with Gasteiger partial charge in [-0.25, -0.2) is 4.98 Å². The minimum absolute atomic E-state index is 0.0893. The molecule has 5 heteroatoms. The van der Waals surface area contributed by atoms with E-state index in [-0.39, 0.29) is 11.8 Å². The number of pyridine rings is 1. The van der Waals surface area contributed by atoms with Gasteiger partial charge in [-0.1, -0.05) is 6.92 Å². The lowest BCUT2D eigenvalue weighted by molar-refractivity contribution is -0.118. The molecular formula is C10H12BrClN2O. The van der Waals surface area contributed by atoms with Crippen LogP contribution in [0.1, 0.15) is 12.5 Å². The summed E-state index contributed by atoms with van der Waals surface area (Å²) in [6, 6.07) is 1.86. The molecule has 1 heterocycles. The van der Waals surface area contributed by atoms with Crippen LogP contribution in [0, 0.1) is 12.8 Å². The molecule has 0 saturated heterocycles. The van der Waals surface area contributed by atoms with Gasteiger partial charge in [0, 0.05) is 11.8 Å². The van der Waals surface area contributed by atoms with Crippen LogP contribution >= 0.6 is 27.5 Å². The van der Waals surface area contributed by atoms with Crippen molar-refractivity contribution < 1.29 is 4.79 Å². The van der Waals surface area contributed by atoms with Gasteiger partial charge in [-0.2, -0.15) is 0 Å². The van der Waals surface area contributed by atoms with Gasteiger partial charge in [0.15, 0.2) is 0 Å². The second kappa shape index (κ2) is 5.47. The largest absolute Gasteiger partial charge is 0.324 e.